The zero-order chi connectivity index (χ0) is 21.0. The van der Waals surface area contributed by atoms with E-state index in [1.165, 1.54) is 0 Å². The minimum atomic E-state index is -3.00. The van der Waals surface area contributed by atoms with Crippen LogP contribution in [0.25, 0.3) is 11.0 Å². The lowest BCUT2D eigenvalue weighted by molar-refractivity contribution is -0.126. The van der Waals surface area contributed by atoms with Gasteiger partial charge in [0, 0.05) is 26.2 Å². The number of hydrogen-bond acceptors (Lipinski definition) is 5. The summed E-state index contributed by atoms with van der Waals surface area (Å²) < 4.78 is 25.7. The fraction of sp³-hybridized carbons (Fsp3) is 0.364. The lowest BCUT2D eigenvalue weighted by Gasteiger charge is -2.33. The first kappa shape index (κ1) is 20.6. The SMILES string of the molecule is O=C(NCCCn1cnc2ccccc21)C(c1ccccc1)N1CCS(=O)(=O)CC1. The van der Waals surface area contributed by atoms with Crippen molar-refractivity contribution >= 4 is 26.8 Å². The van der Waals surface area contributed by atoms with Gasteiger partial charge in [0.15, 0.2) is 9.84 Å². The van der Waals surface area contributed by atoms with Crippen LogP contribution in [0.15, 0.2) is 60.9 Å². The number of nitrogens with zero attached hydrogens (tertiary/aromatic N) is 3. The summed E-state index contributed by atoms with van der Waals surface area (Å²) in [4.78, 5) is 19.4. The second-order valence-corrected chi connectivity index (χ2v) is 9.88. The summed E-state index contributed by atoms with van der Waals surface area (Å²) in [5.74, 6) is 0.102. The van der Waals surface area contributed by atoms with Gasteiger partial charge >= 0.3 is 0 Å². The number of rotatable bonds is 7. The first-order chi connectivity index (χ1) is 14.5. The molecule has 1 amide bonds. The van der Waals surface area contributed by atoms with Crippen LogP contribution in [0.1, 0.15) is 18.0 Å². The van der Waals surface area contributed by atoms with Crippen molar-refractivity contribution in [3.63, 3.8) is 0 Å². The molecule has 158 valence electrons. The number of fused-ring (bicyclic) bond motifs is 1. The molecule has 1 fully saturated rings. The van der Waals surface area contributed by atoms with E-state index in [1.54, 1.807) is 0 Å². The monoisotopic (exact) mass is 426 g/mol. The number of aryl methyl sites for hydroxylation is 1. The van der Waals surface area contributed by atoms with E-state index in [0.717, 1.165) is 29.6 Å². The molecule has 7 nitrogen and oxygen atoms in total. The van der Waals surface area contributed by atoms with Gasteiger partial charge in [-0.05, 0) is 24.1 Å². The Morgan fingerprint density at radius 3 is 2.50 bits per heavy atom. The van der Waals surface area contributed by atoms with Crippen LogP contribution in [0, 0.1) is 0 Å². The molecule has 1 N–H and O–H groups in total. The van der Waals surface area contributed by atoms with Gasteiger partial charge in [-0.3, -0.25) is 9.69 Å². The van der Waals surface area contributed by atoms with Crippen molar-refractivity contribution in [1.29, 1.82) is 0 Å². The average molecular weight is 427 g/mol. The minimum absolute atomic E-state index is 0.0870. The summed E-state index contributed by atoms with van der Waals surface area (Å²) in [5.41, 5.74) is 2.93. The van der Waals surface area contributed by atoms with Crippen LogP contribution in [-0.2, 0) is 21.2 Å². The van der Waals surface area contributed by atoms with Crippen LogP contribution < -0.4 is 5.32 Å². The van der Waals surface area contributed by atoms with Crippen LogP contribution in [-0.4, -0.2) is 59.9 Å². The van der Waals surface area contributed by atoms with Crippen molar-refractivity contribution in [3.8, 4) is 0 Å². The number of benzene rings is 2. The van der Waals surface area contributed by atoms with Gasteiger partial charge in [-0.25, -0.2) is 13.4 Å². The molecule has 1 atom stereocenters. The molecule has 1 aliphatic rings. The third-order valence-corrected chi connectivity index (χ3v) is 7.12. The summed E-state index contributed by atoms with van der Waals surface area (Å²) >= 11 is 0. The third-order valence-electron chi connectivity index (χ3n) is 5.51. The summed E-state index contributed by atoms with van der Waals surface area (Å²) in [5, 5.41) is 3.05. The molecular formula is C22H26N4O3S. The van der Waals surface area contributed by atoms with Gasteiger partial charge in [0.25, 0.3) is 0 Å². The first-order valence-electron chi connectivity index (χ1n) is 10.2. The summed E-state index contributed by atoms with van der Waals surface area (Å²) in [6.07, 6.45) is 2.61. The highest BCUT2D eigenvalue weighted by atomic mass is 32.2. The number of nitrogens with one attached hydrogen (secondary N) is 1. The predicted molar refractivity (Wildman–Crippen MR) is 117 cm³/mol. The third kappa shape index (κ3) is 4.71. The molecular weight excluding hydrogens is 400 g/mol. The number of carbonyl (C=O) groups excluding carboxylic acids is 1. The Morgan fingerprint density at radius 2 is 1.73 bits per heavy atom. The smallest absolute Gasteiger partial charge is 0.241 e. The number of amides is 1. The standard InChI is InChI=1S/C22H26N4O3S/c27-22(23-11-6-12-26-17-24-19-9-4-5-10-20(19)26)21(18-7-2-1-3-8-18)25-13-15-30(28,29)16-14-25/h1-5,7-10,17,21H,6,11-16H2,(H,23,27). The Kier molecular flexibility index (Phi) is 6.15. The molecule has 0 saturated carbocycles. The molecule has 0 aliphatic carbocycles. The van der Waals surface area contributed by atoms with Crippen molar-refractivity contribution < 1.29 is 13.2 Å². The molecule has 2 aromatic carbocycles. The quantitative estimate of drug-likeness (QED) is 0.585. The Bertz CT molecular complexity index is 1100. The molecule has 0 radical (unpaired) electrons. The van der Waals surface area contributed by atoms with E-state index >= 15 is 0 Å². The number of carbonyl (C=O) groups is 1. The number of aromatic nitrogens is 2. The van der Waals surface area contributed by atoms with Crippen LogP contribution in [0.3, 0.4) is 0 Å². The van der Waals surface area contributed by atoms with Gasteiger partial charge in [-0.15, -0.1) is 0 Å². The predicted octanol–water partition coefficient (Wildman–Crippen LogP) is 2.01. The van der Waals surface area contributed by atoms with E-state index in [2.05, 4.69) is 14.9 Å². The maximum Gasteiger partial charge on any atom is 0.241 e. The van der Waals surface area contributed by atoms with Crippen LogP contribution in [0.5, 0.6) is 0 Å². The van der Waals surface area contributed by atoms with Crippen LogP contribution in [0.4, 0.5) is 0 Å². The molecule has 1 aromatic heterocycles. The van der Waals surface area contributed by atoms with Crippen molar-refractivity contribution in [2.45, 2.75) is 19.0 Å². The van der Waals surface area contributed by atoms with Gasteiger partial charge in [-0.1, -0.05) is 42.5 Å². The molecule has 1 unspecified atom stereocenters. The molecule has 8 heteroatoms. The van der Waals surface area contributed by atoms with Gasteiger partial charge in [0.1, 0.15) is 6.04 Å². The molecule has 1 aliphatic heterocycles. The minimum Gasteiger partial charge on any atom is -0.354 e. The van der Waals surface area contributed by atoms with E-state index in [-0.39, 0.29) is 17.4 Å². The topological polar surface area (TPSA) is 84.3 Å². The zero-order valence-corrected chi connectivity index (χ0v) is 17.6. The van der Waals surface area contributed by atoms with E-state index < -0.39 is 15.9 Å². The Morgan fingerprint density at radius 1 is 1.03 bits per heavy atom. The largest absolute Gasteiger partial charge is 0.354 e. The summed E-state index contributed by atoms with van der Waals surface area (Å²) in [6, 6.07) is 17.1. The number of para-hydroxylation sites is 2. The van der Waals surface area contributed by atoms with Crippen LogP contribution >= 0.6 is 0 Å². The summed E-state index contributed by atoms with van der Waals surface area (Å²) in [7, 11) is -3.00. The molecule has 30 heavy (non-hydrogen) atoms. The van der Waals surface area contributed by atoms with Gasteiger partial charge in [0.05, 0.1) is 28.9 Å². The second kappa shape index (κ2) is 8.97. The van der Waals surface area contributed by atoms with E-state index in [4.69, 9.17) is 0 Å². The number of imidazole rings is 1. The van der Waals surface area contributed by atoms with Gasteiger partial charge in [-0.2, -0.15) is 0 Å². The average Bonchev–Trinajstić information content (AvgIpc) is 3.16. The molecule has 4 rings (SSSR count). The highest BCUT2D eigenvalue weighted by Gasteiger charge is 2.32. The normalized spacial score (nSPS) is 17.6. The molecule has 1 saturated heterocycles. The van der Waals surface area contributed by atoms with Crippen molar-refractivity contribution in [1.82, 2.24) is 19.8 Å². The highest BCUT2D eigenvalue weighted by molar-refractivity contribution is 7.91. The van der Waals surface area contributed by atoms with Crippen molar-refractivity contribution in [2.24, 2.45) is 0 Å². The zero-order valence-electron chi connectivity index (χ0n) is 16.8. The maximum atomic E-state index is 13.1. The van der Waals surface area contributed by atoms with Gasteiger partial charge < -0.3 is 9.88 Å². The first-order valence-corrected chi connectivity index (χ1v) is 12.0. The fourth-order valence-electron chi connectivity index (χ4n) is 3.89. The maximum absolute atomic E-state index is 13.1. The van der Waals surface area contributed by atoms with Crippen molar-refractivity contribution in [3.05, 3.63) is 66.5 Å². The van der Waals surface area contributed by atoms with Crippen molar-refractivity contribution in [2.75, 3.05) is 31.1 Å². The van der Waals surface area contributed by atoms with Gasteiger partial charge in [0.2, 0.25) is 5.91 Å². The lowest BCUT2D eigenvalue weighted by Crippen LogP contribution is -2.47. The Balaban J connectivity index is 1.38. The van der Waals surface area contributed by atoms with E-state index in [0.29, 0.717) is 19.6 Å². The van der Waals surface area contributed by atoms with E-state index in [1.807, 2.05) is 65.8 Å². The Labute approximate surface area is 176 Å². The second-order valence-electron chi connectivity index (χ2n) is 7.57. The number of hydrogen-bond donors (Lipinski definition) is 1. The Hall–Kier alpha value is -2.71. The highest BCUT2D eigenvalue weighted by Crippen LogP contribution is 2.23. The number of sulfone groups is 1. The molecule has 0 spiro atoms. The lowest BCUT2D eigenvalue weighted by atomic mass is 10.0. The van der Waals surface area contributed by atoms with Crippen LogP contribution in [0.2, 0.25) is 0 Å². The van der Waals surface area contributed by atoms with E-state index in [9.17, 15) is 13.2 Å². The molecule has 3 aromatic rings. The molecule has 0 bridgehead atoms. The fourth-order valence-corrected chi connectivity index (χ4v) is 5.12. The molecule has 2 heterocycles. The summed E-state index contributed by atoms with van der Waals surface area (Å²) in [6.45, 7) is 2.05.